The van der Waals surface area contributed by atoms with Gasteiger partial charge in [-0.25, -0.2) is 15.0 Å². The highest BCUT2D eigenvalue weighted by molar-refractivity contribution is 6.30. The van der Waals surface area contributed by atoms with Gasteiger partial charge in [0, 0.05) is 11.6 Å². The van der Waals surface area contributed by atoms with Crippen LogP contribution in [0.15, 0.2) is 77.6 Å². The van der Waals surface area contributed by atoms with Gasteiger partial charge < -0.3 is 9.30 Å². The van der Waals surface area contributed by atoms with E-state index in [0.29, 0.717) is 52.6 Å². The second-order valence-electron chi connectivity index (χ2n) is 9.01. The predicted octanol–water partition coefficient (Wildman–Crippen LogP) is 5.56. The average molecular weight is 510 g/mol. The molecule has 184 valence electrons. The Bertz CT molecular complexity index is 1840. The van der Waals surface area contributed by atoms with Gasteiger partial charge in [0.2, 0.25) is 0 Å². The molecule has 3 aromatic heterocycles. The molecule has 3 heterocycles. The van der Waals surface area contributed by atoms with E-state index in [4.69, 9.17) is 31.3 Å². The minimum absolute atomic E-state index is 0.115. The van der Waals surface area contributed by atoms with Gasteiger partial charge in [0.25, 0.3) is 5.56 Å². The predicted molar refractivity (Wildman–Crippen MR) is 147 cm³/mol. The van der Waals surface area contributed by atoms with Crippen molar-refractivity contribution < 1.29 is 4.74 Å². The molecule has 6 aromatic rings. The summed E-state index contributed by atoms with van der Waals surface area (Å²) in [5.41, 5.74) is 5.26. The summed E-state index contributed by atoms with van der Waals surface area (Å²) < 4.78 is 8.95. The number of para-hydroxylation sites is 2. The molecule has 0 bridgehead atoms. The summed E-state index contributed by atoms with van der Waals surface area (Å²) >= 11 is 6.26. The van der Waals surface area contributed by atoms with Gasteiger partial charge in [-0.1, -0.05) is 48.0 Å². The largest absolute Gasteiger partial charge is 0.497 e. The summed E-state index contributed by atoms with van der Waals surface area (Å²) in [5.74, 6) is 1.45. The maximum Gasteiger partial charge on any atom is 0.265 e. The van der Waals surface area contributed by atoms with E-state index in [1.807, 2.05) is 84.3 Å². The molecule has 8 heteroatoms. The summed E-state index contributed by atoms with van der Waals surface area (Å²) in [6.45, 7) is 2.84. The van der Waals surface area contributed by atoms with Crippen LogP contribution < -0.4 is 10.3 Å². The quantitative estimate of drug-likeness (QED) is 0.294. The Balaban J connectivity index is 1.53. The zero-order valence-electron chi connectivity index (χ0n) is 20.5. The number of hydrogen-bond donors (Lipinski definition) is 0. The molecule has 0 spiro atoms. The zero-order valence-corrected chi connectivity index (χ0v) is 21.2. The van der Waals surface area contributed by atoms with E-state index in [1.54, 1.807) is 11.7 Å². The van der Waals surface area contributed by atoms with Crippen molar-refractivity contribution in [3.05, 3.63) is 105 Å². The molecule has 0 saturated carbocycles. The molecule has 0 saturated heterocycles. The highest BCUT2D eigenvalue weighted by Crippen LogP contribution is 2.27. The van der Waals surface area contributed by atoms with Gasteiger partial charge in [0.15, 0.2) is 11.3 Å². The molecular weight excluding hydrogens is 486 g/mol. The third kappa shape index (κ3) is 4.21. The Kier molecular flexibility index (Phi) is 5.85. The fourth-order valence-corrected chi connectivity index (χ4v) is 4.97. The second-order valence-corrected chi connectivity index (χ2v) is 9.45. The molecule has 0 amide bonds. The Labute approximate surface area is 218 Å². The van der Waals surface area contributed by atoms with Crippen molar-refractivity contribution in [2.45, 2.75) is 26.4 Å². The number of benzene rings is 3. The fourth-order valence-electron chi connectivity index (χ4n) is 4.76. The van der Waals surface area contributed by atoms with Crippen LogP contribution >= 0.6 is 11.6 Å². The monoisotopic (exact) mass is 509 g/mol. The maximum absolute atomic E-state index is 13.9. The first kappa shape index (κ1) is 23.2. The summed E-state index contributed by atoms with van der Waals surface area (Å²) in [7, 11) is 1.65. The summed E-state index contributed by atoms with van der Waals surface area (Å²) in [4.78, 5) is 28.6. The minimum Gasteiger partial charge on any atom is -0.497 e. The van der Waals surface area contributed by atoms with Crippen molar-refractivity contribution in [3.8, 4) is 5.75 Å². The molecular formula is C29H24ClN5O2. The van der Waals surface area contributed by atoms with Crippen LogP contribution in [0, 0.1) is 6.92 Å². The lowest BCUT2D eigenvalue weighted by atomic mass is 10.1. The van der Waals surface area contributed by atoms with Crippen LogP contribution in [0.4, 0.5) is 0 Å². The van der Waals surface area contributed by atoms with E-state index in [1.165, 1.54) is 0 Å². The molecule has 0 fully saturated rings. The highest BCUT2D eigenvalue weighted by atomic mass is 35.5. The molecule has 0 N–H and O–H groups in total. The van der Waals surface area contributed by atoms with E-state index in [2.05, 4.69) is 0 Å². The minimum atomic E-state index is -0.115. The summed E-state index contributed by atoms with van der Waals surface area (Å²) in [6, 6.07) is 23.2. The molecule has 0 aliphatic carbocycles. The zero-order chi connectivity index (χ0) is 25.5. The third-order valence-corrected chi connectivity index (χ3v) is 6.89. The van der Waals surface area contributed by atoms with Crippen molar-refractivity contribution >= 4 is 44.8 Å². The van der Waals surface area contributed by atoms with Gasteiger partial charge in [-0.2, -0.15) is 0 Å². The first-order valence-electron chi connectivity index (χ1n) is 12.1. The summed E-state index contributed by atoms with van der Waals surface area (Å²) in [6.07, 6.45) is 0.688. The SMILES string of the molecule is COc1ccc(CCn2c(C)nc3c(c2=O)c2nc4ccccc4nc2n3Cc2cccc(Cl)c2)cc1. The number of aryl methyl sites for hydroxylation is 2. The average Bonchev–Trinajstić information content (AvgIpc) is 3.19. The molecule has 0 atom stereocenters. The Morgan fingerprint density at radius 3 is 2.32 bits per heavy atom. The van der Waals surface area contributed by atoms with E-state index in [0.717, 1.165) is 27.9 Å². The number of ether oxygens (including phenoxy) is 1. The van der Waals surface area contributed by atoms with Crippen LogP contribution in [0.2, 0.25) is 5.02 Å². The summed E-state index contributed by atoms with van der Waals surface area (Å²) in [5, 5.41) is 1.13. The topological polar surface area (TPSA) is 74.8 Å². The number of methoxy groups -OCH3 is 1. The highest BCUT2D eigenvalue weighted by Gasteiger charge is 2.21. The fraction of sp³-hybridized carbons (Fsp3) is 0.172. The number of aromatic nitrogens is 5. The lowest BCUT2D eigenvalue weighted by molar-refractivity contribution is 0.414. The lowest BCUT2D eigenvalue weighted by Crippen LogP contribution is -2.25. The van der Waals surface area contributed by atoms with Crippen LogP contribution in [0.3, 0.4) is 0 Å². The normalized spacial score (nSPS) is 11.5. The number of hydrogen-bond acceptors (Lipinski definition) is 5. The van der Waals surface area contributed by atoms with Crippen LogP contribution in [-0.4, -0.2) is 31.2 Å². The standard InChI is InChI=1S/C29H24ClN5O2/c1-18-31-27-25(29(36)34(18)15-14-19-10-12-22(37-2)13-11-19)26-28(33-24-9-4-3-8-23(24)32-26)35(27)17-20-6-5-7-21(30)16-20/h3-13,16H,14-15,17H2,1-2H3. The number of nitrogens with zero attached hydrogens (tertiary/aromatic N) is 5. The Morgan fingerprint density at radius 1 is 0.838 bits per heavy atom. The van der Waals surface area contributed by atoms with Gasteiger partial charge in [-0.05, 0) is 60.9 Å². The third-order valence-electron chi connectivity index (χ3n) is 6.65. The van der Waals surface area contributed by atoms with Crippen LogP contribution in [-0.2, 0) is 19.5 Å². The van der Waals surface area contributed by atoms with Gasteiger partial charge in [0.05, 0.1) is 24.7 Å². The first-order chi connectivity index (χ1) is 18.0. The molecule has 0 unspecified atom stereocenters. The van der Waals surface area contributed by atoms with Crippen molar-refractivity contribution in [2.75, 3.05) is 7.11 Å². The van der Waals surface area contributed by atoms with Gasteiger partial charge >= 0.3 is 0 Å². The van der Waals surface area contributed by atoms with Crippen molar-refractivity contribution in [2.24, 2.45) is 0 Å². The number of fused-ring (bicyclic) bond motifs is 4. The van der Waals surface area contributed by atoms with E-state index >= 15 is 0 Å². The Hall–Kier alpha value is -4.23. The van der Waals surface area contributed by atoms with Crippen molar-refractivity contribution in [1.82, 2.24) is 24.1 Å². The molecule has 3 aromatic carbocycles. The molecule has 0 aliphatic heterocycles. The molecule has 0 radical (unpaired) electrons. The number of halogens is 1. The Morgan fingerprint density at radius 2 is 1.59 bits per heavy atom. The van der Waals surface area contributed by atoms with E-state index < -0.39 is 0 Å². The van der Waals surface area contributed by atoms with Crippen LogP contribution in [0.1, 0.15) is 17.0 Å². The maximum atomic E-state index is 13.9. The molecule has 6 rings (SSSR count). The second kappa shape index (κ2) is 9.33. The molecule has 37 heavy (non-hydrogen) atoms. The van der Waals surface area contributed by atoms with Gasteiger partial charge in [-0.3, -0.25) is 9.36 Å². The number of rotatable bonds is 6. The smallest absolute Gasteiger partial charge is 0.265 e. The van der Waals surface area contributed by atoms with E-state index in [-0.39, 0.29) is 5.56 Å². The lowest BCUT2D eigenvalue weighted by Gasteiger charge is -2.11. The van der Waals surface area contributed by atoms with Crippen molar-refractivity contribution in [3.63, 3.8) is 0 Å². The van der Waals surface area contributed by atoms with Gasteiger partial charge in [0.1, 0.15) is 22.5 Å². The van der Waals surface area contributed by atoms with Crippen LogP contribution in [0.25, 0.3) is 33.2 Å². The van der Waals surface area contributed by atoms with Gasteiger partial charge in [-0.15, -0.1) is 0 Å². The van der Waals surface area contributed by atoms with E-state index in [9.17, 15) is 4.79 Å². The van der Waals surface area contributed by atoms with Crippen LogP contribution in [0.5, 0.6) is 5.75 Å². The van der Waals surface area contributed by atoms with Crippen molar-refractivity contribution in [1.29, 1.82) is 0 Å². The first-order valence-corrected chi connectivity index (χ1v) is 12.4. The molecule has 0 aliphatic rings. The molecule has 7 nitrogen and oxygen atoms in total.